The van der Waals surface area contributed by atoms with Crippen molar-refractivity contribution in [2.75, 3.05) is 19.6 Å². The minimum absolute atomic E-state index is 0.0865. The number of urea groups is 1. The Balaban J connectivity index is 1.96. The summed E-state index contributed by atoms with van der Waals surface area (Å²) in [5.41, 5.74) is 1.70. The number of benzene rings is 1. The highest BCUT2D eigenvalue weighted by atomic mass is 35.5. The molecule has 1 unspecified atom stereocenters. The maximum atomic E-state index is 11.9. The van der Waals surface area contributed by atoms with Crippen molar-refractivity contribution < 1.29 is 9.63 Å². The number of amides is 2. The van der Waals surface area contributed by atoms with E-state index in [1.54, 1.807) is 17.0 Å². The molecule has 1 atom stereocenters. The molecule has 1 N–H and O–H groups in total. The van der Waals surface area contributed by atoms with Crippen molar-refractivity contribution in [3.8, 4) is 0 Å². The predicted octanol–water partition coefficient (Wildman–Crippen LogP) is 3.54. The molecule has 7 heteroatoms. The Morgan fingerprint density at radius 1 is 1.41 bits per heavy atom. The maximum Gasteiger partial charge on any atom is 0.317 e. The normalized spacial score (nSPS) is 16.9. The van der Waals surface area contributed by atoms with Crippen LogP contribution in [0.2, 0.25) is 10.0 Å². The van der Waals surface area contributed by atoms with Gasteiger partial charge < -0.3 is 15.1 Å². The SMILES string of the molecule is CCNC(=O)N(CC)CC1CC(c2ccc(Cl)c(Cl)c2)=NO1. The molecule has 0 saturated heterocycles. The molecule has 0 radical (unpaired) electrons. The molecule has 1 aromatic carbocycles. The van der Waals surface area contributed by atoms with E-state index in [1.807, 2.05) is 19.9 Å². The zero-order chi connectivity index (χ0) is 16.1. The molecule has 2 amide bonds. The molecule has 1 aromatic rings. The van der Waals surface area contributed by atoms with Gasteiger partial charge >= 0.3 is 6.03 Å². The number of carbonyl (C=O) groups is 1. The summed E-state index contributed by atoms with van der Waals surface area (Å²) in [5, 5.41) is 7.89. The van der Waals surface area contributed by atoms with E-state index in [2.05, 4.69) is 10.5 Å². The number of hydrogen-bond donors (Lipinski definition) is 1. The number of rotatable bonds is 5. The molecule has 1 aliphatic rings. The van der Waals surface area contributed by atoms with Crippen LogP contribution in [-0.2, 0) is 4.84 Å². The number of hydrogen-bond acceptors (Lipinski definition) is 3. The van der Waals surface area contributed by atoms with Gasteiger partial charge in [0.1, 0.15) is 0 Å². The summed E-state index contributed by atoms with van der Waals surface area (Å²) in [7, 11) is 0. The van der Waals surface area contributed by atoms with Gasteiger partial charge in [-0.3, -0.25) is 0 Å². The lowest BCUT2D eigenvalue weighted by Crippen LogP contribution is -2.43. The van der Waals surface area contributed by atoms with Crippen molar-refractivity contribution in [2.24, 2.45) is 5.16 Å². The van der Waals surface area contributed by atoms with Gasteiger partial charge in [0.15, 0.2) is 6.10 Å². The summed E-state index contributed by atoms with van der Waals surface area (Å²) in [6, 6.07) is 5.29. The average Bonchev–Trinajstić information content (AvgIpc) is 2.96. The number of likely N-dealkylation sites (N-methyl/N-ethyl adjacent to an activating group) is 1. The summed E-state index contributed by atoms with van der Waals surface area (Å²) in [4.78, 5) is 19.0. The van der Waals surface area contributed by atoms with Gasteiger partial charge in [0, 0.05) is 25.1 Å². The molecule has 0 bridgehead atoms. The third-order valence-corrected chi connectivity index (χ3v) is 4.15. The molecule has 120 valence electrons. The van der Waals surface area contributed by atoms with E-state index in [0.717, 1.165) is 11.3 Å². The Labute approximate surface area is 140 Å². The summed E-state index contributed by atoms with van der Waals surface area (Å²) >= 11 is 11.9. The van der Waals surface area contributed by atoms with Crippen LogP contribution < -0.4 is 5.32 Å². The first-order chi connectivity index (χ1) is 10.5. The first-order valence-electron chi connectivity index (χ1n) is 7.26. The van der Waals surface area contributed by atoms with Crippen LogP contribution >= 0.6 is 23.2 Å². The van der Waals surface area contributed by atoms with Gasteiger partial charge in [-0.1, -0.05) is 34.4 Å². The van der Waals surface area contributed by atoms with Crippen LogP contribution in [0.1, 0.15) is 25.8 Å². The molecule has 2 rings (SSSR count). The zero-order valence-corrected chi connectivity index (χ0v) is 14.1. The lowest BCUT2D eigenvalue weighted by atomic mass is 10.0. The van der Waals surface area contributed by atoms with Crippen molar-refractivity contribution in [3.05, 3.63) is 33.8 Å². The molecule has 5 nitrogen and oxygen atoms in total. The molecule has 1 heterocycles. The molecule has 0 aromatic heterocycles. The zero-order valence-electron chi connectivity index (χ0n) is 12.6. The van der Waals surface area contributed by atoms with E-state index >= 15 is 0 Å². The van der Waals surface area contributed by atoms with Gasteiger partial charge in [0.05, 0.1) is 22.3 Å². The summed E-state index contributed by atoms with van der Waals surface area (Å²) in [6.45, 7) is 5.55. The first-order valence-corrected chi connectivity index (χ1v) is 8.01. The van der Waals surface area contributed by atoms with Crippen LogP contribution in [0.3, 0.4) is 0 Å². The minimum Gasteiger partial charge on any atom is -0.390 e. The Morgan fingerprint density at radius 2 is 2.18 bits per heavy atom. The smallest absolute Gasteiger partial charge is 0.317 e. The highest BCUT2D eigenvalue weighted by molar-refractivity contribution is 6.42. The molecule has 0 saturated carbocycles. The van der Waals surface area contributed by atoms with Crippen LogP contribution in [0.4, 0.5) is 4.79 Å². The van der Waals surface area contributed by atoms with Crippen LogP contribution in [0.25, 0.3) is 0 Å². The van der Waals surface area contributed by atoms with Crippen molar-refractivity contribution in [2.45, 2.75) is 26.4 Å². The van der Waals surface area contributed by atoms with Crippen LogP contribution in [-0.4, -0.2) is 42.4 Å². The van der Waals surface area contributed by atoms with Crippen molar-refractivity contribution >= 4 is 34.9 Å². The fraction of sp³-hybridized carbons (Fsp3) is 0.467. The second-order valence-corrected chi connectivity index (χ2v) is 5.79. The second-order valence-electron chi connectivity index (χ2n) is 4.97. The lowest BCUT2D eigenvalue weighted by Gasteiger charge is -2.23. The van der Waals surface area contributed by atoms with Crippen LogP contribution in [0, 0.1) is 0 Å². The largest absolute Gasteiger partial charge is 0.390 e. The van der Waals surface area contributed by atoms with E-state index in [9.17, 15) is 4.79 Å². The van der Waals surface area contributed by atoms with Gasteiger partial charge in [-0.15, -0.1) is 0 Å². The third kappa shape index (κ3) is 4.05. The minimum atomic E-state index is -0.146. The average molecular weight is 344 g/mol. The Kier molecular flexibility index (Phi) is 5.91. The Bertz CT molecular complexity index is 578. The number of nitrogens with zero attached hydrogens (tertiary/aromatic N) is 2. The fourth-order valence-corrected chi connectivity index (χ4v) is 2.53. The molecule has 22 heavy (non-hydrogen) atoms. The van der Waals surface area contributed by atoms with Crippen molar-refractivity contribution in [1.82, 2.24) is 10.2 Å². The van der Waals surface area contributed by atoms with E-state index < -0.39 is 0 Å². The van der Waals surface area contributed by atoms with Crippen molar-refractivity contribution in [3.63, 3.8) is 0 Å². The predicted molar refractivity (Wildman–Crippen MR) is 88.8 cm³/mol. The monoisotopic (exact) mass is 343 g/mol. The highest BCUT2D eigenvalue weighted by Gasteiger charge is 2.26. The molecular formula is C15H19Cl2N3O2. The number of halogens is 2. The summed E-state index contributed by atoms with van der Waals surface area (Å²) in [6.07, 6.45) is 0.487. The second kappa shape index (κ2) is 7.70. The summed E-state index contributed by atoms with van der Waals surface area (Å²) in [5.74, 6) is 0. The molecule has 0 aliphatic carbocycles. The van der Waals surface area contributed by atoms with E-state index in [-0.39, 0.29) is 12.1 Å². The highest BCUT2D eigenvalue weighted by Crippen LogP contribution is 2.25. The van der Waals surface area contributed by atoms with E-state index in [0.29, 0.717) is 36.1 Å². The van der Waals surface area contributed by atoms with Gasteiger partial charge in [0.25, 0.3) is 0 Å². The van der Waals surface area contributed by atoms with Crippen LogP contribution in [0.5, 0.6) is 0 Å². The molecule has 1 aliphatic heterocycles. The van der Waals surface area contributed by atoms with Gasteiger partial charge in [0.2, 0.25) is 0 Å². The standard InChI is InChI=1S/C15H19Cl2N3O2/c1-3-18-15(21)20(4-2)9-11-8-14(19-22-11)10-5-6-12(16)13(17)7-10/h5-7,11H,3-4,8-9H2,1-2H3,(H,18,21). The molecule has 0 spiro atoms. The van der Waals surface area contributed by atoms with Gasteiger partial charge in [-0.2, -0.15) is 0 Å². The molecular weight excluding hydrogens is 325 g/mol. The van der Waals surface area contributed by atoms with E-state index in [1.165, 1.54) is 0 Å². The summed E-state index contributed by atoms with van der Waals surface area (Å²) < 4.78 is 0. The fourth-order valence-electron chi connectivity index (χ4n) is 2.24. The topological polar surface area (TPSA) is 53.9 Å². The Hall–Kier alpha value is -1.46. The number of oxime groups is 1. The number of nitrogens with one attached hydrogen (secondary N) is 1. The third-order valence-electron chi connectivity index (χ3n) is 3.41. The quantitative estimate of drug-likeness (QED) is 0.888. The Morgan fingerprint density at radius 3 is 2.82 bits per heavy atom. The maximum absolute atomic E-state index is 11.9. The lowest BCUT2D eigenvalue weighted by molar-refractivity contribution is 0.0617. The van der Waals surface area contributed by atoms with E-state index in [4.69, 9.17) is 28.0 Å². The van der Waals surface area contributed by atoms with Crippen molar-refractivity contribution in [1.29, 1.82) is 0 Å². The first kappa shape index (κ1) is 16.9. The van der Waals surface area contributed by atoms with Crippen LogP contribution in [0.15, 0.2) is 23.4 Å². The molecule has 0 fully saturated rings. The van der Waals surface area contributed by atoms with Gasteiger partial charge in [-0.05, 0) is 26.0 Å². The van der Waals surface area contributed by atoms with Gasteiger partial charge in [-0.25, -0.2) is 4.79 Å². The number of carbonyl (C=O) groups excluding carboxylic acids is 1.